The van der Waals surface area contributed by atoms with Crippen molar-refractivity contribution in [2.75, 3.05) is 13.7 Å². The molecule has 1 fully saturated rings. The van der Waals surface area contributed by atoms with Gasteiger partial charge in [-0.25, -0.2) is 4.79 Å². The number of hydrogen-bond donors (Lipinski definition) is 0. The molecule has 174 valence electrons. The van der Waals surface area contributed by atoms with Gasteiger partial charge in [-0.1, -0.05) is 23.7 Å². The van der Waals surface area contributed by atoms with E-state index >= 15 is 0 Å². The Labute approximate surface area is 214 Å². The van der Waals surface area contributed by atoms with Crippen LogP contribution in [0.15, 0.2) is 41.3 Å². The first-order valence-corrected chi connectivity index (χ1v) is 12.2. The Morgan fingerprint density at radius 1 is 1.24 bits per heavy atom. The lowest BCUT2D eigenvalue weighted by Crippen LogP contribution is -2.42. The summed E-state index contributed by atoms with van der Waals surface area (Å²) in [6.45, 7) is 3.62. The number of nitrogens with zero attached hydrogens (tertiary/aromatic N) is 1. The fourth-order valence-electron chi connectivity index (χ4n) is 3.03. The molecule has 10 heteroatoms. The van der Waals surface area contributed by atoms with Crippen LogP contribution >= 0.6 is 46.0 Å². The number of hydrogen-bond acceptors (Lipinski definition) is 7. The summed E-state index contributed by atoms with van der Waals surface area (Å²) in [5.41, 5.74) is 1.61. The lowest BCUT2D eigenvalue weighted by atomic mass is 10.1. The fraction of sp³-hybridized carbons (Fsp3) is 0.261. The lowest BCUT2D eigenvalue weighted by molar-refractivity contribution is -0.150. The Hall–Kier alpha value is -2.24. The van der Waals surface area contributed by atoms with E-state index in [0.29, 0.717) is 28.7 Å². The zero-order valence-electron chi connectivity index (χ0n) is 18.1. The molecule has 1 atom stereocenters. The third-order valence-corrected chi connectivity index (χ3v) is 6.62. The number of halogens is 2. The molecule has 1 heterocycles. The first-order valence-electron chi connectivity index (χ1n) is 9.93. The zero-order valence-corrected chi connectivity index (χ0v) is 21.8. The van der Waals surface area contributed by atoms with Gasteiger partial charge in [0.2, 0.25) is 0 Å². The molecule has 1 aliphatic rings. The van der Waals surface area contributed by atoms with Gasteiger partial charge in [-0.05, 0) is 89.7 Å². The standard InChI is InChI=1S/C23H21ClINO6S/c1-4-31-22(28)13(2)26-21(27)19(33-23(26)29)11-15-9-17(25)20(18(10-15)30-3)32-12-14-5-7-16(24)8-6-14/h5-11,13H,4,12H2,1-3H3/b19-11-/t13-/m1/s1. The Bertz CT molecular complexity index is 1100. The van der Waals surface area contributed by atoms with Crippen LogP contribution in [0, 0.1) is 3.57 Å². The zero-order chi connectivity index (χ0) is 24.1. The molecular formula is C23H21ClINO6S. The van der Waals surface area contributed by atoms with E-state index in [0.717, 1.165) is 25.8 Å². The van der Waals surface area contributed by atoms with Crippen LogP contribution in [0.3, 0.4) is 0 Å². The van der Waals surface area contributed by atoms with Crippen LogP contribution in [0.4, 0.5) is 4.79 Å². The van der Waals surface area contributed by atoms with Crippen LogP contribution in [0.2, 0.25) is 5.02 Å². The second kappa shape index (κ2) is 11.3. The van der Waals surface area contributed by atoms with Crippen LogP contribution in [0.5, 0.6) is 11.5 Å². The number of methoxy groups -OCH3 is 1. The van der Waals surface area contributed by atoms with Crippen molar-refractivity contribution >= 4 is 69.1 Å². The molecule has 0 radical (unpaired) electrons. The van der Waals surface area contributed by atoms with Crippen LogP contribution < -0.4 is 9.47 Å². The van der Waals surface area contributed by atoms with Crippen molar-refractivity contribution in [2.45, 2.75) is 26.5 Å². The molecule has 0 spiro atoms. The van der Waals surface area contributed by atoms with E-state index in [1.807, 2.05) is 18.2 Å². The SMILES string of the molecule is CCOC(=O)[C@@H](C)N1C(=O)S/C(=C\c2cc(I)c(OCc3ccc(Cl)cc3)c(OC)c2)C1=O. The Morgan fingerprint density at radius 2 is 1.94 bits per heavy atom. The van der Waals surface area contributed by atoms with Crippen molar-refractivity contribution in [2.24, 2.45) is 0 Å². The van der Waals surface area contributed by atoms with Crippen molar-refractivity contribution in [1.82, 2.24) is 4.90 Å². The first-order chi connectivity index (χ1) is 15.7. The smallest absolute Gasteiger partial charge is 0.329 e. The summed E-state index contributed by atoms with van der Waals surface area (Å²) in [7, 11) is 1.53. The molecule has 0 N–H and O–H groups in total. The summed E-state index contributed by atoms with van der Waals surface area (Å²) in [6, 6.07) is 9.89. The molecule has 0 bridgehead atoms. The normalized spacial score (nSPS) is 15.7. The van der Waals surface area contributed by atoms with E-state index in [1.165, 1.54) is 14.0 Å². The minimum absolute atomic E-state index is 0.167. The average molecular weight is 602 g/mol. The highest BCUT2D eigenvalue weighted by Gasteiger charge is 2.41. The second-order valence-electron chi connectivity index (χ2n) is 6.93. The molecule has 0 unspecified atom stereocenters. The Balaban J connectivity index is 1.81. The summed E-state index contributed by atoms with van der Waals surface area (Å²) >= 11 is 8.83. The van der Waals surface area contributed by atoms with E-state index in [4.69, 9.17) is 25.8 Å². The second-order valence-corrected chi connectivity index (χ2v) is 9.52. The van der Waals surface area contributed by atoms with E-state index in [1.54, 1.807) is 31.2 Å². The minimum Gasteiger partial charge on any atom is -0.493 e. The van der Waals surface area contributed by atoms with Gasteiger partial charge < -0.3 is 14.2 Å². The fourth-order valence-corrected chi connectivity index (χ4v) is 4.85. The van der Waals surface area contributed by atoms with Gasteiger partial charge >= 0.3 is 5.97 Å². The summed E-state index contributed by atoms with van der Waals surface area (Å²) in [5.74, 6) is -0.113. The van der Waals surface area contributed by atoms with Crippen LogP contribution in [-0.2, 0) is 20.9 Å². The van der Waals surface area contributed by atoms with Crippen LogP contribution in [0.1, 0.15) is 25.0 Å². The molecule has 0 aromatic heterocycles. The van der Waals surface area contributed by atoms with E-state index < -0.39 is 23.2 Å². The molecule has 3 rings (SSSR count). The minimum atomic E-state index is -0.998. The molecular weight excluding hydrogens is 581 g/mol. The lowest BCUT2D eigenvalue weighted by Gasteiger charge is -2.19. The molecule has 2 aromatic carbocycles. The Morgan fingerprint density at radius 3 is 2.58 bits per heavy atom. The number of ether oxygens (including phenoxy) is 3. The number of thioether (sulfide) groups is 1. The van der Waals surface area contributed by atoms with Crippen molar-refractivity contribution in [3.8, 4) is 11.5 Å². The maximum atomic E-state index is 12.8. The highest BCUT2D eigenvalue weighted by Crippen LogP contribution is 2.38. The third kappa shape index (κ3) is 6.01. The molecule has 1 saturated heterocycles. The topological polar surface area (TPSA) is 82.1 Å². The third-order valence-electron chi connectivity index (χ3n) is 4.68. The maximum absolute atomic E-state index is 12.8. The molecule has 33 heavy (non-hydrogen) atoms. The monoisotopic (exact) mass is 601 g/mol. The number of rotatable bonds is 8. The number of imide groups is 1. The van der Waals surface area contributed by atoms with Gasteiger partial charge in [0, 0.05) is 5.02 Å². The summed E-state index contributed by atoms with van der Waals surface area (Å²) in [5, 5.41) is 0.132. The van der Waals surface area contributed by atoms with E-state index in [-0.39, 0.29) is 11.5 Å². The molecule has 0 aliphatic carbocycles. The summed E-state index contributed by atoms with van der Waals surface area (Å²) < 4.78 is 17.2. The molecule has 2 amide bonds. The Kier molecular flexibility index (Phi) is 8.66. The van der Waals surface area contributed by atoms with Gasteiger partial charge in [-0.3, -0.25) is 14.5 Å². The van der Waals surface area contributed by atoms with E-state index in [9.17, 15) is 14.4 Å². The number of benzene rings is 2. The van der Waals surface area contributed by atoms with Crippen molar-refractivity contribution in [1.29, 1.82) is 0 Å². The van der Waals surface area contributed by atoms with Gasteiger partial charge in [0.15, 0.2) is 11.5 Å². The van der Waals surface area contributed by atoms with Gasteiger partial charge in [0.05, 0.1) is 22.2 Å². The summed E-state index contributed by atoms with van der Waals surface area (Å²) in [4.78, 5) is 38.3. The van der Waals surface area contributed by atoms with Crippen LogP contribution in [-0.4, -0.2) is 41.8 Å². The predicted octanol–water partition coefficient (Wildman–Crippen LogP) is 5.52. The van der Waals surface area contributed by atoms with Crippen molar-refractivity contribution in [3.63, 3.8) is 0 Å². The van der Waals surface area contributed by atoms with Gasteiger partial charge in [-0.2, -0.15) is 0 Å². The first kappa shape index (κ1) is 25.4. The number of carbonyl (C=O) groups excluding carboxylic acids is 3. The largest absolute Gasteiger partial charge is 0.493 e. The van der Waals surface area contributed by atoms with Gasteiger partial charge in [0.25, 0.3) is 11.1 Å². The van der Waals surface area contributed by atoms with Gasteiger partial charge in [-0.15, -0.1) is 0 Å². The summed E-state index contributed by atoms with van der Waals surface area (Å²) in [6.07, 6.45) is 1.59. The average Bonchev–Trinajstić information content (AvgIpc) is 3.06. The highest BCUT2D eigenvalue weighted by atomic mass is 127. The predicted molar refractivity (Wildman–Crippen MR) is 135 cm³/mol. The molecule has 1 aliphatic heterocycles. The van der Waals surface area contributed by atoms with Crippen molar-refractivity contribution < 1.29 is 28.6 Å². The van der Waals surface area contributed by atoms with Crippen LogP contribution in [0.25, 0.3) is 6.08 Å². The number of carbonyl (C=O) groups is 3. The quantitative estimate of drug-likeness (QED) is 0.224. The maximum Gasteiger partial charge on any atom is 0.329 e. The molecule has 7 nitrogen and oxygen atoms in total. The number of amides is 2. The highest BCUT2D eigenvalue weighted by molar-refractivity contribution is 14.1. The van der Waals surface area contributed by atoms with Crippen molar-refractivity contribution in [3.05, 3.63) is 61.0 Å². The van der Waals surface area contributed by atoms with Gasteiger partial charge in [0.1, 0.15) is 12.6 Å². The van der Waals surface area contributed by atoms with E-state index in [2.05, 4.69) is 22.6 Å². The number of esters is 1. The molecule has 0 saturated carbocycles. The molecule has 2 aromatic rings.